The van der Waals surface area contributed by atoms with Crippen molar-refractivity contribution in [1.82, 2.24) is 15.0 Å². The van der Waals surface area contributed by atoms with Gasteiger partial charge in [0.15, 0.2) is 9.84 Å². The number of sulfone groups is 1. The number of rotatable bonds is 6. The van der Waals surface area contributed by atoms with Gasteiger partial charge in [-0.3, -0.25) is 4.68 Å². The highest BCUT2D eigenvalue weighted by Crippen LogP contribution is 2.30. The first-order valence-electron chi connectivity index (χ1n) is 5.38. The topological polar surface area (TPSA) is 90.9 Å². The maximum atomic E-state index is 11.6. The van der Waals surface area contributed by atoms with Crippen LogP contribution in [0.4, 0.5) is 0 Å². The first kappa shape index (κ1) is 11.5. The first-order valence-corrected chi connectivity index (χ1v) is 7.21. The van der Waals surface area contributed by atoms with Gasteiger partial charge in [-0.05, 0) is 18.8 Å². The second-order valence-corrected chi connectivity index (χ2v) is 6.46. The Kier molecular flexibility index (Phi) is 3.25. The minimum Gasteiger partial charge on any atom is -0.325 e. The Balaban J connectivity index is 1.85. The van der Waals surface area contributed by atoms with Crippen LogP contribution in [0.5, 0.6) is 0 Å². The monoisotopic (exact) mass is 244 g/mol. The van der Waals surface area contributed by atoms with Crippen molar-refractivity contribution in [3.8, 4) is 0 Å². The van der Waals surface area contributed by atoms with Crippen LogP contribution in [0.1, 0.15) is 18.5 Å². The molecule has 1 heterocycles. The van der Waals surface area contributed by atoms with Crippen LogP contribution in [0.2, 0.25) is 0 Å². The molecule has 1 aromatic heterocycles. The zero-order valence-electron chi connectivity index (χ0n) is 9.04. The molecular weight excluding hydrogens is 228 g/mol. The highest BCUT2D eigenvalue weighted by molar-refractivity contribution is 7.91. The predicted molar refractivity (Wildman–Crippen MR) is 59.3 cm³/mol. The zero-order chi connectivity index (χ0) is 11.6. The smallest absolute Gasteiger partial charge is 0.152 e. The quantitative estimate of drug-likeness (QED) is 0.732. The summed E-state index contributed by atoms with van der Waals surface area (Å²) in [5.74, 6) is 0.864. The maximum Gasteiger partial charge on any atom is 0.152 e. The van der Waals surface area contributed by atoms with Gasteiger partial charge >= 0.3 is 0 Å². The SMILES string of the molecule is NCc1cn(CCS(=O)(=O)CC2CC2)nn1. The third-order valence-electron chi connectivity index (χ3n) is 2.61. The zero-order valence-corrected chi connectivity index (χ0v) is 9.86. The molecule has 6 nitrogen and oxygen atoms in total. The summed E-state index contributed by atoms with van der Waals surface area (Å²) >= 11 is 0. The second-order valence-electron chi connectivity index (χ2n) is 4.23. The van der Waals surface area contributed by atoms with Gasteiger partial charge in [-0.15, -0.1) is 5.10 Å². The van der Waals surface area contributed by atoms with Crippen molar-refractivity contribution in [1.29, 1.82) is 0 Å². The summed E-state index contributed by atoms with van der Waals surface area (Å²) in [4.78, 5) is 0. The number of hydrogen-bond donors (Lipinski definition) is 1. The van der Waals surface area contributed by atoms with E-state index < -0.39 is 9.84 Å². The Morgan fingerprint density at radius 3 is 2.81 bits per heavy atom. The van der Waals surface area contributed by atoms with Crippen LogP contribution in [0, 0.1) is 5.92 Å². The van der Waals surface area contributed by atoms with Crippen LogP contribution < -0.4 is 5.73 Å². The predicted octanol–water partition coefficient (Wildman–Crippen LogP) is -0.438. The number of nitrogens with zero attached hydrogens (tertiary/aromatic N) is 3. The largest absolute Gasteiger partial charge is 0.325 e. The van der Waals surface area contributed by atoms with Crippen LogP contribution in [-0.2, 0) is 22.9 Å². The number of aromatic nitrogens is 3. The molecule has 0 spiro atoms. The van der Waals surface area contributed by atoms with Crippen molar-refractivity contribution in [3.63, 3.8) is 0 Å². The Morgan fingerprint density at radius 2 is 2.25 bits per heavy atom. The van der Waals surface area contributed by atoms with Crippen molar-refractivity contribution < 1.29 is 8.42 Å². The summed E-state index contributed by atoms with van der Waals surface area (Å²) < 4.78 is 24.8. The van der Waals surface area contributed by atoms with Gasteiger partial charge in [-0.1, -0.05) is 5.21 Å². The van der Waals surface area contributed by atoms with Crippen LogP contribution >= 0.6 is 0 Å². The second kappa shape index (κ2) is 4.50. The molecule has 90 valence electrons. The van der Waals surface area contributed by atoms with Crippen molar-refractivity contribution in [2.45, 2.75) is 25.9 Å². The molecule has 1 aliphatic carbocycles. The molecule has 0 radical (unpaired) electrons. The average Bonchev–Trinajstić information content (AvgIpc) is 2.91. The molecule has 2 N–H and O–H groups in total. The van der Waals surface area contributed by atoms with Crippen LogP contribution in [0.3, 0.4) is 0 Å². The van der Waals surface area contributed by atoms with Gasteiger partial charge in [0.2, 0.25) is 0 Å². The van der Waals surface area contributed by atoms with E-state index in [1.807, 2.05) is 0 Å². The van der Waals surface area contributed by atoms with E-state index in [0.29, 0.717) is 30.5 Å². The minimum atomic E-state index is -2.93. The van der Waals surface area contributed by atoms with Crippen molar-refractivity contribution >= 4 is 9.84 Å². The van der Waals surface area contributed by atoms with Gasteiger partial charge in [-0.25, -0.2) is 8.42 Å². The summed E-state index contributed by atoms with van der Waals surface area (Å²) in [6, 6.07) is 0. The summed E-state index contributed by atoms with van der Waals surface area (Å²) in [6.45, 7) is 0.691. The Hall–Kier alpha value is -0.950. The fourth-order valence-electron chi connectivity index (χ4n) is 1.50. The van der Waals surface area contributed by atoms with Crippen molar-refractivity contribution in [3.05, 3.63) is 11.9 Å². The molecule has 1 fully saturated rings. The number of aryl methyl sites for hydroxylation is 1. The lowest BCUT2D eigenvalue weighted by Gasteiger charge is -2.02. The highest BCUT2D eigenvalue weighted by Gasteiger charge is 2.27. The molecule has 0 aliphatic heterocycles. The van der Waals surface area contributed by atoms with Crippen LogP contribution in [-0.4, -0.2) is 34.9 Å². The molecule has 0 unspecified atom stereocenters. The molecule has 0 amide bonds. The van der Waals surface area contributed by atoms with E-state index in [4.69, 9.17) is 5.73 Å². The maximum absolute atomic E-state index is 11.6. The normalized spacial score (nSPS) is 16.6. The van der Waals surface area contributed by atoms with E-state index in [-0.39, 0.29) is 5.75 Å². The minimum absolute atomic E-state index is 0.136. The van der Waals surface area contributed by atoms with Gasteiger partial charge in [0.05, 0.1) is 23.7 Å². The van der Waals surface area contributed by atoms with Crippen molar-refractivity contribution in [2.24, 2.45) is 11.7 Å². The van der Waals surface area contributed by atoms with Gasteiger partial charge in [-0.2, -0.15) is 0 Å². The fourth-order valence-corrected chi connectivity index (χ4v) is 3.18. The van der Waals surface area contributed by atoms with E-state index in [1.165, 1.54) is 4.68 Å². The average molecular weight is 244 g/mol. The van der Waals surface area contributed by atoms with E-state index >= 15 is 0 Å². The molecule has 0 saturated heterocycles. The molecule has 1 aromatic rings. The Morgan fingerprint density at radius 1 is 1.50 bits per heavy atom. The molecule has 0 aromatic carbocycles. The van der Waals surface area contributed by atoms with Crippen LogP contribution in [0.15, 0.2) is 6.20 Å². The third-order valence-corrected chi connectivity index (χ3v) is 4.40. The lowest BCUT2D eigenvalue weighted by Crippen LogP contribution is -2.17. The molecule has 16 heavy (non-hydrogen) atoms. The van der Waals surface area contributed by atoms with Gasteiger partial charge in [0, 0.05) is 12.7 Å². The van der Waals surface area contributed by atoms with Crippen LogP contribution in [0.25, 0.3) is 0 Å². The third kappa shape index (κ3) is 3.28. The number of hydrogen-bond acceptors (Lipinski definition) is 5. The van der Waals surface area contributed by atoms with Crippen molar-refractivity contribution in [2.75, 3.05) is 11.5 Å². The van der Waals surface area contributed by atoms with E-state index in [2.05, 4.69) is 10.3 Å². The molecule has 0 atom stereocenters. The molecule has 0 bridgehead atoms. The fraction of sp³-hybridized carbons (Fsp3) is 0.778. The van der Waals surface area contributed by atoms with E-state index in [0.717, 1.165) is 12.8 Å². The summed E-state index contributed by atoms with van der Waals surface area (Å²) in [5, 5.41) is 7.61. The van der Waals surface area contributed by atoms with E-state index in [9.17, 15) is 8.42 Å². The summed E-state index contributed by atoms with van der Waals surface area (Å²) in [7, 11) is -2.93. The number of nitrogens with two attached hydrogens (primary N) is 1. The van der Waals surface area contributed by atoms with Gasteiger partial charge < -0.3 is 5.73 Å². The standard InChI is InChI=1S/C9H16N4O2S/c10-5-9-6-13(12-11-9)3-4-16(14,15)7-8-1-2-8/h6,8H,1-5,7,10H2. The molecular formula is C9H16N4O2S. The molecule has 1 saturated carbocycles. The lowest BCUT2D eigenvalue weighted by atomic mass is 10.5. The first-order chi connectivity index (χ1) is 7.59. The summed E-state index contributed by atoms with van der Waals surface area (Å²) in [5.41, 5.74) is 6.07. The Bertz CT molecular complexity index is 450. The van der Waals surface area contributed by atoms with Gasteiger partial charge in [0.25, 0.3) is 0 Å². The molecule has 7 heteroatoms. The van der Waals surface area contributed by atoms with E-state index in [1.54, 1.807) is 6.20 Å². The molecule has 1 aliphatic rings. The molecule has 2 rings (SSSR count). The van der Waals surface area contributed by atoms with Gasteiger partial charge in [0.1, 0.15) is 0 Å². The highest BCUT2D eigenvalue weighted by atomic mass is 32.2. The Labute approximate surface area is 94.7 Å². The summed E-state index contributed by atoms with van der Waals surface area (Å²) in [6.07, 6.45) is 3.80. The lowest BCUT2D eigenvalue weighted by molar-refractivity contribution is 0.572.